The maximum absolute atomic E-state index is 13.4. The van der Waals surface area contributed by atoms with E-state index in [1.54, 1.807) is 18.2 Å². The highest BCUT2D eigenvalue weighted by Crippen LogP contribution is 2.38. The highest BCUT2D eigenvalue weighted by molar-refractivity contribution is 7.24. The van der Waals surface area contributed by atoms with Gasteiger partial charge in [0.05, 0.1) is 13.2 Å². The van der Waals surface area contributed by atoms with Gasteiger partial charge in [-0.25, -0.2) is 9.59 Å². The van der Waals surface area contributed by atoms with E-state index in [1.165, 1.54) is 28.7 Å². The van der Waals surface area contributed by atoms with Crippen LogP contribution < -0.4 is 10.6 Å². The number of fused-ring (bicyclic) bond motifs is 2. The first-order valence-corrected chi connectivity index (χ1v) is 16.1. The first-order chi connectivity index (χ1) is 21.4. The van der Waals surface area contributed by atoms with Crippen LogP contribution in [0.1, 0.15) is 81.0 Å². The van der Waals surface area contributed by atoms with Crippen molar-refractivity contribution < 1.29 is 28.7 Å². The minimum atomic E-state index is -0.494. The molecule has 0 atom stereocenters. The van der Waals surface area contributed by atoms with Crippen LogP contribution >= 0.6 is 22.7 Å². The van der Waals surface area contributed by atoms with Gasteiger partial charge < -0.3 is 20.1 Å². The van der Waals surface area contributed by atoms with Crippen LogP contribution in [0.5, 0.6) is 0 Å². The first kappa shape index (κ1) is 30.9. The van der Waals surface area contributed by atoms with Gasteiger partial charge in [-0.2, -0.15) is 0 Å². The van der Waals surface area contributed by atoms with E-state index < -0.39 is 23.8 Å². The third kappa shape index (κ3) is 6.82. The van der Waals surface area contributed by atoms with Crippen molar-refractivity contribution in [1.29, 1.82) is 0 Å². The number of thiophene rings is 2. The lowest BCUT2D eigenvalue weighted by Gasteiger charge is -2.10. The average Bonchev–Trinajstić information content (AvgIpc) is 3.58. The molecule has 0 aliphatic carbocycles. The Bertz CT molecular complexity index is 1710. The molecule has 2 N–H and O–H groups in total. The molecule has 2 amide bonds. The van der Waals surface area contributed by atoms with Crippen LogP contribution in [0.25, 0.3) is 20.2 Å². The number of benzene rings is 3. The number of hydrogen-bond donors (Lipinski definition) is 2. The zero-order valence-corrected chi connectivity index (χ0v) is 26.1. The van der Waals surface area contributed by atoms with E-state index in [2.05, 4.69) is 10.6 Å². The molecule has 2 heterocycles. The molecule has 0 aliphatic rings. The molecule has 8 nitrogen and oxygen atoms in total. The molecular weight excluding hydrogens is 597 g/mol. The standard InChI is InChI=1S/C34H32N2O6S2/c1-3-5-18-41-33(39)27-23-14-7-9-16-25(23)43-31(27)35-29(37)21-12-11-13-22(20-21)30(38)36-32-28(34(40)42-19-6-4-2)24-15-8-10-17-26(24)44-32/h7-17,20H,3-6,18-19H2,1-2H3,(H,35,37)(H,36,38). The summed E-state index contributed by atoms with van der Waals surface area (Å²) in [7, 11) is 0. The van der Waals surface area contributed by atoms with Crippen LogP contribution in [0.3, 0.4) is 0 Å². The predicted molar refractivity (Wildman–Crippen MR) is 176 cm³/mol. The lowest BCUT2D eigenvalue weighted by atomic mass is 10.1. The van der Waals surface area contributed by atoms with E-state index in [0.717, 1.165) is 35.1 Å². The number of carbonyl (C=O) groups excluding carboxylic acids is 4. The van der Waals surface area contributed by atoms with Crippen LogP contribution in [0, 0.1) is 0 Å². The van der Waals surface area contributed by atoms with Gasteiger partial charge in [0.25, 0.3) is 11.8 Å². The quantitative estimate of drug-likeness (QED) is 0.106. The second kappa shape index (κ2) is 14.3. The van der Waals surface area contributed by atoms with Gasteiger partial charge in [0.1, 0.15) is 21.1 Å². The molecular formula is C34H32N2O6S2. The Morgan fingerprint density at radius 3 is 1.48 bits per heavy atom. The van der Waals surface area contributed by atoms with Crippen LogP contribution in [-0.4, -0.2) is 37.0 Å². The van der Waals surface area contributed by atoms with Crippen LogP contribution in [-0.2, 0) is 9.47 Å². The summed E-state index contributed by atoms with van der Waals surface area (Å²) >= 11 is 2.57. The molecule has 0 fully saturated rings. The molecule has 44 heavy (non-hydrogen) atoms. The number of carbonyl (C=O) groups is 4. The summed E-state index contributed by atoms with van der Waals surface area (Å²) in [6, 6.07) is 21.1. The third-order valence-corrected chi connectivity index (χ3v) is 9.07. The highest BCUT2D eigenvalue weighted by Gasteiger charge is 2.24. The molecule has 0 saturated carbocycles. The molecule has 0 unspecified atom stereocenters. The largest absolute Gasteiger partial charge is 0.462 e. The second-order valence-corrected chi connectivity index (χ2v) is 12.2. The number of amides is 2. The van der Waals surface area contributed by atoms with Gasteiger partial charge in [-0.15, -0.1) is 22.7 Å². The topological polar surface area (TPSA) is 111 Å². The molecule has 226 valence electrons. The Hall–Kier alpha value is -4.54. The molecule has 0 saturated heterocycles. The summed E-state index contributed by atoms with van der Waals surface area (Å²) in [5.74, 6) is -1.94. The van der Waals surface area contributed by atoms with Crippen molar-refractivity contribution in [2.45, 2.75) is 39.5 Å². The SMILES string of the molecule is CCCCOC(=O)c1c(NC(=O)c2cccc(C(=O)Nc3sc4ccccc4c3C(=O)OCCCC)c2)sc2ccccc12. The van der Waals surface area contributed by atoms with Crippen molar-refractivity contribution in [2.24, 2.45) is 0 Å². The number of anilines is 2. The maximum atomic E-state index is 13.4. The van der Waals surface area contributed by atoms with Crippen molar-refractivity contribution in [3.8, 4) is 0 Å². The van der Waals surface area contributed by atoms with Crippen molar-refractivity contribution in [2.75, 3.05) is 23.8 Å². The van der Waals surface area contributed by atoms with Crippen molar-refractivity contribution in [3.05, 3.63) is 95.1 Å². The number of nitrogens with one attached hydrogen (secondary N) is 2. The number of rotatable bonds is 12. The van der Waals surface area contributed by atoms with Gasteiger partial charge in [-0.05, 0) is 43.2 Å². The van der Waals surface area contributed by atoms with Crippen LogP contribution in [0.15, 0.2) is 72.8 Å². The van der Waals surface area contributed by atoms with E-state index in [9.17, 15) is 19.2 Å². The lowest BCUT2D eigenvalue weighted by Crippen LogP contribution is -2.17. The zero-order valence-electron chi connectivity index (χ0n) is 24.4. The van der Waals surface area contributed by atoms with E-state index in [1.807, 2.05) is 62.4 Å². The van der Waals surface area contributed by atoms with Crippen molar-refractivity contribution in [3.63, 3.8) is 0 Å². The number of esters is 2. The van der Waals surface area contributed by atoms with Gasteiger partial charge in [0, 0.05) is 31.3 Å². The predicted octanol–water partition coefficient (Wildman–Crippen LogP) is 8.53. The van der Waals surface area contributed by atoms with Gasteiger partial charge >= 0.3 is 11.9 Å². The molecule has 0 aliphatic heterocycles. The molecule has 3 aromatic carbocycles. The van der Waals surface area contributed by atoms with E-state index >= 15 is 0 Å². The summed E-state index contributed by atoms with van der Waals surface area (Å²) in [5.41, 5.74) is 1.09. The summed E-state index contributed by atoms with van der Waals surface area (Å²) < 4.78 is 12.6. The van der Waals surface area contributed by atoms with Gasteiger partial charge in [0.2, 0.25) is 0 Å². The fraction of sp³-hybridized carbons (Fsp3) is 0.235. The molecule has 5 rings (SSSR count). The van der Waals surface area contributed by atoms with Crippen molar-refractivity contribution in [1.82, 2.24) is 0 Å². The highest BCUT2D eigenvalue weighted by atomic mass is 32.1. The number of ether oxygens (including phenoxy) is 2. The Balaban J connectivity index is 1.37. The Labute approximate surface area is 263 Å². The monoisotopic (exact) mass is 628 g/mol. The Morgan fingerprint density at radius 1 is 0.614 bits per heavy atom. The number of unbranched alkanes of at least 4 members (excludes halogenated alkanes) is 2. The molecule has 2 aromatic heterocycles. The second-order valence-electron chi connectivity index (χ2n) is 10.1. The average molecular weight is 629 g/mol. The van der Waals surface area contributed by atoms with E-state index in [4.69, 9.17) is 9.47 Å². The maximum Gasteiger partial charge on any atom is 0.341 e. The van der Waals surface area contributed by atoms with Gasteiger partial charge in [-0.1, -0.05) is 69.2 Å². The molecule has 0 spiro atoms. The molecule has 5 aromatic rings. The summed E-state index contributed by atoms with van der Waals surface area (Å²) in [5, 5.41) is 7.88. The van der Waals surface area contributed by atoms with Crippen LogP contribution in [0.2, 0.25) is 0 Å². The minimum Gasteiger partial charge on any atom is -0.462 e. The van der Waals surface area contributed by atoms with E-state index in [-0.39, 0.29) is 11.1 Å². The van der Waals surface area contributed by atoms with Crippen molar-refractivity contribution >= 4 is 76.6 Å². The van der Waals surface area contributed by atoms with Crippen LogP contribution in [0.4, 0.5) is 10.0 Å². The molecule has 0 bridgehead atoms. The fourth-order valence-electron chi connectivity index (χ4n) is 4.59. The minimum absolute atomic E-state index is 0.232. The smallest absolute Gasteiger partial charge is 0.341 e. The summed E-state index contributed by atoms with van der Waals surface area (Å²) in [6.07, 6.45) is 3.26. The fourth-order valence-corrected chi connectivity index (χ4v) is 6.76. The molecule has 10 heteroatoms. The summed E-state index contributed by atoms with van der Waals surface area (Å²) in [4.78, 5) is 52.8. The zero-order chi connectivity index (χ0) is 31.1. The third-order valence-electron chi connectivity index (χ3n) is 6.90. The summed E-state index contributed by atoms with van der Waals surface area (Å²) in [6.45, 7) is 4.61. The van der Waals surface area contributed by atoms with Gasteiger partial charge in [0.15, 0.2) is 0 Å². The molecule has 0 radical (unpaired) electrons. The first-order valence-electron chi connectivity index (χ1n) is 14.5. The Morgan fingerprint density at radius 2 is 1.05 bits per heavy atom. The Kier molecular flexibility index (Phi) is 10.0. The number of hydrogen-bond acceptors (Lipinski definition) is 8. The normalized spacial score (nSPS) is 11.0. The lowest BCUT2D eigenvalue weighted by molar-refractivity contribution is 0.0494. The van der Waals surface area contributed by atoms with E-state index in [0.29, 0.717) is 45.1 Å². The van der Waals surface area contributed by atoms with Gasteiger partial charge in [-0.3, -0.25) is 9.59 Å².